The van der Waals surface area contributed by atoms with Crippen LogP contribution in [0.15, 0.2) is 18.3 Å². The molecule has 0 aliphatic carbocycles. The zero-order valence-electron chi connectivity index (χ0n) is 13.2. The van der Waals surface area contributed by atoms with Gasteiger partial charge in [0.25, 0.3) is 5.69 Å². The molecule has 1 aliphatic heterocycles. The van der Waals surface area contributed by atoms with Crippen LogP contribution in [-0.2, 0) is 15.9 Å². The molecule has 0 atom stereocenters. The van der Waals surface area contributed by atoms with E-state index in [1.807, 2.05) is 27.7 Å². The summed E-state index contributed by atoms with van der Waals surface area (Å²) in [5.41, 5.74) is 0.539. The molecule has 7 heteroatoms. The number of ether oxygens (including phenoxy) is 2. The maximum atomic E-state index is 12.0. The van der Waals surface area contributed by atoms with E-state index in [-0.39, 0.29) is 11.5 Å². The van der Waals surface area contributed by atoms with E-state index in [1.54, 1.807) is 12.1 Å². The Morgan fingerprint density at radius 2 is 1.82 bits per heavy atom. The van der Waals surface area contributed by atoms with E-state index in [0.717, 1.165) is 0 Å². The molecule has 7 nitrogen and oxygen atoms in total. The van der Waals surface area contributed by atoms with Crippen molar-refractivity contribution in [1.29, 1.82) is 0 Å². The predicted molar refractivity (Wildman–Crippen MR) is 77.9 cm³/mol. The molecule has 22 heavy (non-hydrogen) atoms. The van der Waals surface area contributed by atoms with Crippen LogP contribution in [0.25, 0.3) is 11.5 Å². The minimum Gasteiger partial charge on any atom is -0.618 e. The van der Waals surface area contributed by atoms with Crippen molar-refractivity contribution >= 4 is 0 Å². The van der Waals surface area contributed by atoms with Crippen molar-refractivity contribution in [2.24, 2.45) is 0 Å². The average molecular weight is 302 g/mol. The Morgan fingerprint density at radius 3 is 2.50 bits per heavy atom. The number of aromatic nitrogens is 4. The Kier molecular flexibility index (Phi) is 3.07. The summed E-state index contributed by atoms with van der Waals surface area (Å²) in [5, 5.41) is 20.3. The van der Waals surface area contributed by atoms with Crippen LogP contribution in [0.4, 0.5) is 0 Å². The summed E-state index contributed by atoms with van der Waals surface area (Å²) >= 11 is 0. The Hall–Kier alpha value is -2.28. The molecule has 0 aromatic carbocycles. The molecule has 1 aliphatic rings. The van der Waals surface area contributed by atoms with Gasteiger partial charge in [0.15, 0.2) is 6.20 Å². The molecule has 0 amide bonds. The Labute approximate surface area is 128 Å². The van der Waals surface area contributed by atoms with Gasteiger partial charge in [-0.15, -0.1) is 10.2 Å². The maximum Gasteiger partial charge on any atom is 0.267 e. The van der Waals surface area contributed by atoms with Crippen LogP contribution in [0.1, 0.15) is 39.1 Å². The summed E-state index contributed by atoms with van der Waals surface area (Å²) in [6, 6.07) is 3.16. The molecule has 0 saturated carbocycles. The Morgan fingerprint density at radius 1 is 1.14 bits per heavy atom. The molecule has 0 radical (unpaired) electrons. The van der Waals surface area contributed by atoms with Gasteiger partial charge in [0.2, 0.25) is 5.82 Å². The smallest absolute Gasteiger partial charge is 0.267 e. The highest BCUT2D eigenvalue weighted by Gasteiger charge is 2.46. The van der Waals surface area contributed by atoms with Gasteiger partial charge in [-0.1, -0.05) is 0 Å². The first-order valence-corrected chi connectivity index (χ1v) is 6.98. The van der Waals surface area contributed by atoms with Gasteiger partial charge in [-0.05, 0) is 27.7 Å². The van der Waals surface area contributed by atoms with Crippen molar-refractivity contribution in [3.8, 4) is 17.3 Å². The van der Waals surface area contributed by atoms with Crippen LogP contribution in [0, 0.1) is 5.21 Å². The Balaban J connectivity index is 2.16. The standard InChI is InChI=1S/C15H18N4O3/c1-14(2)11-12(15(3,4)22-14)17-18-13(16-11)10-8-9(21-5)6-7-19(10)20/h6-8H,1-5H3. The minimum atomic E-state index is -0.587. The number of hydrogen-bond donors (Lipinski definition) is 0. The third-order valence-electron chi connectivity index (χ3n) is 3.69. The average Bonchev–Trinajstić information content (AvgIpc) is 2.64. The highest BCUT2D eigenvalue weighted by atomic mass is 16.5. The minimum absolute atomic E-state index is 0.252. The monoisotopic (exact) mass is 302 g/mol. The second kappa shape index (κ2) is 4.61. The van der Waals surface area contributed by atoms with Gasteiger partial charge in [0.05, 0.1) is 13.2 Å². The summed E-state index contributed by atoms with van der Waals surface area (Å²) in [5.74, 6) is 0.809. The summed E-state index contributed by atoms with van der Waals surface area (Å²) in [6.07, 6.45) is 1.36. The first kappa shape index (κ1) is 14.6. The van der Waals surface area contributed by atoms with E-state index < -0.39 is 11.2 Å². The quantitative estimate of drug-likeness (QED) is 0.620. The van der Waals surface area contributed by atoms with Crippen molar-refractivity contribution < 1.29 is 14.2 Å². The van der Waals surface area contributed by atoms with E-state index in [0.29, 0.717) is 21.9 Å². The summed E-state index contributed by atoms with van der Waals surface area (Å²) in [6.45, 7) is 7.71. The van der Waals surface area contributed by atoms with Gasteiger partial charge in [-0.2, -0.15) is 4.73 Å². The Bertz CT molecular complexity index is 744. The summed E-state index contributed by atoms with van der Waals surface area (Å²) in [7, 11) is 1.54. The first-order chi connectivity index (χ1) is 10.2. The zero-order chi connectivity index (χ0) is 16.1. The topological polar surface area (TPSA) is 84.1 Å². The van der Waals surface area contributed by atoms with Crippen molar-refractivity contribution in [2.75, 3.05) is 7.11 Å². The van der Waals surface area contributed by atoms with Crippen LogP contribution < -0.4 is 9.47 Å². The summed E-state index contributed by atoms with van der Waals surface area (Å²) in [4.78, 5) is 4.53. The second-order valence-corrected chi connectivity index (χ2v) is 6.23. The number of hydrogen-bond acceptors (Lipinski definition) is 6. The van der Waals surface area contributed by atoms with Crippen LogP contribution in [0.5, 0.6) is 5.75 Å². The fraction of sp³-hybridized carbons (Fsp3) is 0.467. The van der Waals surface area contributed by atoms with Crippen LogP contribution in [-0.4, -0.2) is 22.3 Å². The molecule has 0 unspecified atom stereocenters. The molecule has 2 aromatic heterocycles. The molecule has 0 N–H and O–H groups in total. The van der Waals surface area contributed by atoms with Gasteiger partial charge in [-0.3, -0.25) is 0 Å². The highest BCUT2D eigenvalue weighted by Crippen LogP contribution is 2.44. The third-order valence-corrected chi connectivity index (χ3v) is 3.69. The summed E-state index contributed by atoms with van der Waals surface area (Å²) < 4.78 is 11.8. The van der Waals surface area contributed by atoms with Gasteiger partial charge < -0.3 is 14.7 Å². The number of rotatable bonds is 2. The predicted octanol–water partition coefficient (Wildman–Crippen LogP) is 1.68. The number of fused-ring (bicyclic) bond motifs is 1. The molecule has 3 rings (SSSR count). The van der Waals surface area contributed by atoms with Gasteiger partial charge >= 0.3 is 0 Å². The van der Waals surface area contributed by atoms with Crippen molar-refractivity contribution in [3.05, 3.63) is 34.9 Å². The van der Waals surface area contributed by atoms with E-state index in [9.17, 15) is 5.21 Å². The van der Waals surface area contributed by atoms with Gasteiger partial charge in [0, 0.05) is 6.07 Å². The fourth-order valence-corrected chi connectivity index (χ4v) is 2.75. The highest BCUT2D eigenvalue weighted by molar-refractivity contribution is 5.48. The van der Waals surface area contributed by atoms with Crippen molar-refractivity contribution in [3.63, 3.8) is 0 Å². The van der Waals surface area contributed by atoms with E-state index in [1.165, 1.54) is 13.3 Å². The van der Waals surface area contributed by atoms with Crippen LogP contribution >= 0.6 is 0 Å². The van der Waals surface area contributed by atoms with Crippen molar-refractivity contribution in [2.45, 2.75) is 38.9 Å². The van der Waals surface area contributed by atoms with Gasteiger partial charge in [-0.25, -0.2) is 4.98 Å². The van der Waals surface area contributed by atoms with E-state index in [2.05, 4.69) is 15.2 Å². The lowest BCUT2D eigenvalue weighted by Gasteiger charge is -2.23. The van der Waals surface area contributed by atoms with E-state index >= 15 is 0 Å². The maximum absolute atomic E-state index is 12.0. The molecule has 0 bridgehead atoms. The lowest BCUT2D eigenvalue weighted by atomic mass is 10.0. The lowest BCUT2D eigenvalue weighted by Crippen LogP contribution is -2.29. The molecular weight excluding hydrogens is 284 g/mol. The lowest BCUT2D eigenvalue weighted by molar-refractivity contribution is -0.594. The largest absolute Gasteiger partial charge is 0.618 e. The molecule has 2 aromatic rings. The van der Waals surface area contributed by atoms with Crippen LogP contribution in [0.2, 0.25) is 0 Å². The molecule has 0 saturated heterocycles. The molecule has 0 spiro atoms. The number of pyridine rings is 1. The van der Waals surface area contributed by atoms with Gasteiger partial charge in [0.1, 0.15) is 28.3 Å². The fourth-order valence-electron chi connectivity index (χ4n) is 2.75. The third kappa shape index (κ3) is 2.18. The van der Waals surface area contributed by atoms with E-state index in [4.69, 9.17) is 9.47 Å². The number of methoxy groups -OCH3 is 1. The van der Waals surface area contributed by atoms with Crippen molar-refractivity contribution in [1.82, 2.24) is 15.2 Å². The molecular formula is C15H18N4O3. The normalized spacial score (nSPS) is 18.0. The molecule has 3 heterocycles. The number of nitrogens with zero attached hydrogens (tertiary/aromatic N) is 4. The van der Waals surface area contributed by atoms with Crippen LogP contribution in [0.3, 0.4) is 0 Å². The SMILES string of the molecule is COc1cc[n+]([O-])c(-c2nnc3c(n2)C(C)(C)OC3(C)C)c1. The molecule has 0 fully saturated rings. The zero-order valence-corrected chi connectivity index (χ0v) is 13.2. The second-order valence-electron chi connectivity index (χ2n) is 6.23. The first-order valence-electron chi connectivity index (χ1n) is 6.98. The molecule has 116 valence electrons.